The molecule has 0 unspecified atom stereocenters. The van der Waals surface area contributed by atoms with Crippen molar-refractivity contribution in [3.63, 3.8) is 0 Å². The molecular weight excluding hydrogens is 250 g/mol. The zero-order valence-electron chi connectivity index (χ0n) is 10.7. The SMILES string of the molecule is CNc1cc(C(=O)N2CCC(C)CC2)c(Cl)cn1. The average molecular weight is 268 g/mol. The number of rotatable bonds is 2. The lowest BCUT2D eigenvalue weighted by molar-refractivity contribution is 0.0697. The van der Waals surface area contributed by atoms with Gasteiger partial charge in [-0.15, -0.1) is 0 Å². The Bertz CT molecular complexity index is 442. The number of halogens is 1. The van der Waals surface area contributed by atoms with Crippen LogP contribution in [0.1, 0.15) is 30.1 Å². The number of pyridine rings is 1. The van der Waals surface area contributed by atoms with Gasteiger partial charge in [-0.3, -0.25) is 4.79 Å². The minimum absolute atomic E-state index is 0.00537. The summed E-state index contributed by atoms with van der Waals surface area (Å²) in [6.07, 6.45) is 3.65. The second kappa shape index (κ2) is 5.57. The lowest BCUT2D eigenvalue weighted by atomic mass is 9.99. The van der Waals surface area contributed by atoms with Gasteiger partial charge in [-0.25, -0.2) is 4.98 Å². The lowest BCUT2D eigenvalue weighted by Crippen LogP contribution is -2.38. The average Bonchev–Trinajstić information content (AvgIpc) is 2.39. The summed E-state index contributed by atoms with van der Waals surface area (Å²) < 4.78 is 0. The number of likely N-dealkylation sites (tertiary alicyclic amines) is 1. The Hall–Kier alpha value is -1.29. The van der Waals surface area contributed by atoms with Gasteiger partial charge in [0.2, 0.25) is 0 Å². The summed E-state index contributed by atoms with van der Waals surface area (Å²) >= 11 is 6.06. The lowest BCUT2D eigenvalue weighted by Gasteiger charge is -2.30. The zero-order valence-corrected chi connectivity index (χ0v) is 11.5. The second-order valence-corrected chi connectivity index (χ2v) is 5.18. The highest BCUT2D eigenvalue weighted by molar-refractivity contribution is 6.33. The second-order valence-electron chi connectivity index (χ2n) is 4.77. The highest BCUT2D eigenvalue weighted by Crippen LogP contribution is 2.23. The van der Waals surface area contributed by atoms with Gasteiger partial charge in [0.15, 0.2) is 0 Å². The molecule has 0 aliphatic carbocycles. The first-order valence-corrected chi connectivity index (χ1v) is 6.62. The molecule has 1 fully saturated rings. The van der Waals surface area contributed by atoms with E-state index in [0.717, 1.165) is 25.9 Å². The molecule has 1 amide bonds. The topological polar surface area (TPSA) is 45.2 Å². The maximum absolute atomic E-state index is 12.4. The Labute approximate surface area is 112 Å². The van der Waals surface area contributed by atoms with Crippen LogP contribution in [-0.2, 0) is 0 Å². The van der Waals surface area contributed by atoms with Crippen LogP contribution in [0.15, 0.2) is 12.3 Å². The summed E-state index contributed by atoms with van der Waals surface area (Å²) in [4.78, 5) is 18.3. The third-order valence-corrected chi connectivity index (χ3v) is 3.71. The molecule has 18 heavy (non-hydrogen) atoms. The van der Waals surface area contributed by atoms with Gasteiger partial charge in [-0.2, -0.15) is 0 Å². The predicted molar refractivity (Wildman–Crippen MR) is 73.1 cm³/mol. The van der Waals surface area contributed by atoms with E-state index in [-0.39, 0.29) is 5.91 Å². The van der Waals surface area contributed by atoms with E-state index < -0.39 is 0 Å². The number of carbonyl (C=O) groups excluding carboxylic acids is 1. The summed E-state index contributed by atoms with van der Waals surface area (Å²) in [7, 11) is 1.77. The van der Waals surface area contributed by atoms with Crippen molar-refractivity contribution < 1.29 is 4.79 Å². The van der Waals surface area contributed by atoms with E-state index in [0.29, 0.717) is 22.3 Å². The molecule has 0 radical (unpaired) electrons. The molecule has 0 bridgehead atoms. The zero-order chi connectivity index (χ0) is 13.1. The van der Waals surface area contributed by atoms with Crippen LogP contribution in [0, 0.1) is 5.92 Å². The minimum Gasteiger partial charge on any atom is -0.373 e. The Morgan fingerprint density at radius 1 is 1.50 bits per heavy atom. The molecule has 1 aliphatic heterocycles. The van der Waals surface area contributed by atoms with Gasteiger partial charge in [-0.1, -0.05) is 18.5 Å². The fourth-order valence-corrected chi connectivity index (χ4v) is 2.31. The highest BCUT2D eigenvalue weighted by Gasteiger charge is 2.23. The van der Waals surface area contributed by atoms with Gasteiger partial charge in [0, 0.05) is 26.3 Å². The van der Waals surface area contributed by atoms with E-state index >= 15 is 0 Å². The van der Waals surface area contributed by atoms with Crippen LogP contribution in [-0.4, -0.2) is 35.9 Å². The van der Waals surface area contributed by atoms with Crippen molar-refractivity contribution in [1.82, 2.24) is 9.88 Å². The number of piperidine rings is 1. The molecule has 0 aromatic carbocycles. The summed E-state index contributed by atoms with van der Waals surface area (Å²) in [5.74, 6) is 1.37. The quantitative estimate of drug-likeness (QED) is 0.896. The molecule has 1 N–H and O–H groups in total. The van der Waals surface area contributed by atoms with E-state index in [1.165, 1.54) is 6.20 Å². The monoisotopic (exact) mass is 267 g/mol. The smallest absolute Gasteiger partial charge is 0.255 e. The Morgan fingerprint density at radius 2 is 2.17 bits per heavy atom. The maximum Gasteiger partial charge on any atom is 0.255 e. The van der Waals surface area contributed by atoms with Gasteiger partial charge in [-0.05, 0) is 24.8 Å². The first-order valence-electron chi connectivity index (χ1n) is 6.24. The van der Waals surface area contributed by atoms with Crippen molar-refractivity contribution >= 4 is 23.3 Å². The van der Waals surface area contributed by atoms with Crippen molar-refractivity contribution in [1.29, 1.82) is 0 Å². The van der Waals surface area contributed by atoms with Gasteiger partial charge in [0.25, 0.3) is 5.91 Å². The fourth-order valence-electron chi connectivity index (χ4n) is 2.12. The van der Waals surface area contributed by atoms with Crippen molar-refractivity contribution in [3.05, 3.63) is 22.8 Å². The third-order valence-electron chi connectivity index (χ3n) is 3.41. The summed E-state index contributed by atoms with van der Waals surface area (Å²) in [5, 5.41) is 3.33. The van der Waals surface area contributed by atoms with Gasteiger partial charge in [0.1, 0.15) is 5.82 Å². The Kier molecular flexibility index (Phi) is 4.07. The van der Waals surface area contributed by atoms with Crippen LogP contribution in [0.25, 0.3) is 0 Å². The highest BCUT2D eigenvalue weighted by atomic mass is 35.5. The summed E-state index contributed by atoms with van der Waals surface area (Å²) in [6, 6.07) is 1.71. The van der Waals surface area contributed by atoms with Crippen LogP contribution < -0.4 is 5.32 Å². The van der Waals surface area contributed by atoms with E-state index in [4.69, 9.17) is 11.6 Å². The number of hydrogen-bond donors (Lipinski definition) is 1. The fraction of sp³-hybridized carbons (Fsp3) is 0.538. The Balaban J connectivity index is 2.17. The van der Waals surface area contributed by atoms with Crippen molar-refractivity contribution in [2.75, 3.05) is 25.5 Å². The van der Waals surface area contributed by atoms with Crippen LogP contribution in [0.2, 0.25) is 5.02 Å². The van der Waals surface area contributed by atoms with Crippen LogP contribution in [0.3, 0.4) is 0 Å². The molecule has 1 aromatic rings. The molecule has 0 saturated carbocycles. The molecular formula is C13H18ClN3O. The predicted octanol–water partition coefficient (Wildman–Crippen LogP) is 2.65. The van der Waals surface area contributed by atoms with Crippen molar-refractivity contribution in [2.24, 2.45) is 5.92 Å². The molecule has 0 spiro atoms. The number of carbonyl (C=O) groups is 1. The largest absolute Gasteiger partial charge is 0.373 e. The van der Waals surface area contributed by atoms with Crippen molar-refractivity contribution in [3.8, 4) is 0 Å². The molecule has 4 nitrogen and oxygen atoms in total. The van der Waals surface area contributed by atoms with Crippen LogP contribution in [0.5, 0.6) is 0 Å². The number of hydrogen-bond acceptors (Lipinski definition) is 3. The van der Waals surface area contributed by atoms with E-state index in [9.17, 15) is 4.79 Å². The normalized spacial score (nSPS) is 16.7. The summed E-state index contributed by atoms with van der Waals surface area (Å²) in [5.41, 5.74) is 0.533. The molecule has 1 aromatic heterocycles. The standard InChI is InChI=1S/C13H18ClN3O/c1-9-3-5-17(6-4-9)13(18)10-7-12(15-2)16-8-11(10)14/h7-9H,3-6H2,1-2H3,(H,15,16). The number of aromatic nitrogens is 1. The molecule has 2 rings (SSSR count). The number of anilines is 1. The first kappa shape index (κ1) is 13.1. The first-order chi connectivity index (χ1) is 8.61. The molecule has 5 heteroatoms. The van der Waals surface area contributed by atoms with E-state index in [2.05, 4.69) is 17.2 Å². The van der Waals surface area contributed by atoms with E-state index in [1.54, 1.807) is 13.1 Å². The third kappa shape index (κ3) is 2.75. The number of nitrogens with zero attached hydrogens (tertiary/aromatic N) is 2. The van der Waals surface area contributed by atoms with Gasteiger partial charge in [0.05, 0.1) is 10.6 Å². The van der Waals surface area contributed by atoms with Gasteiger partial charge >= 0.3 is 0 Å². The number of amides is 1. The molecule has 0 atom stereocenters. The van der Waals surface area contributed by atoms with Gasteiger partial charge < -0.3 is 10.2 Å². The number of nitrogens with one attached hydrogen (secondary N) is 1. The molecule has 2 heterocycles. The summed E-state index contributed by atoms with van der Waals surface area (Å²) in [6.45, 7) is 3.85. The molecule has 98 valence electrons. The molecule has 1 aliphatic rings. The minimum atomic E-state index is 0.00537. The molecule has 1 saturated heterocycles. The van der Waals surface area contributed by atoms with E-state index in [1.807, 2.05) is 4.90 Å². The van der Waals surface area contributed by atoms with Crippen LogP contribution in [0.4, 0.5) is 5.82 Å². The van der Waals surface area contributed by atoms with Crippen molar-refractivity contribution in [2.45, 2.75) is 19.8 Å². The maximum atomic E-state index is 12.4. The Morgan fingerprint density at radius 3 is 2.78 bits per heavy atom. The van der Waals surface area contributed by atoms with Crippen LogP contribution >= 0.6 is 11.6 Å².